The molecule has 98 valence electrons. The van der Waals surface area contributed by atoms with Crippen molar-refractivity contribution in [2.45, 2.75) is 52.6 Å². The molecular formula is C17H24O. The summed E-state index contributed by atoms with van der Waals surface area (Å²) >= 11 is 0. The minimum atomic E-state index is 0.568. The lowest BCUT2D eigenvalue weighted by molar-refractivity contribution is -0.126. The summed E-state index contributed by atoms with van der Waals surface area (Å²) in [6.07, 6.45) is 5.85. The Balaban J connectivity index is 1.74. The molecule has 1 aromatic rings. The highest BCUT2D eigenvalue weighted by Crippen LogP contribution is 2.44. The number of fused-ring (bicyclic) bond motifs is 1. The van der Waals surface area contributed by atoms with Gasteiger partial charge in [-0.3, -0.25) is 0 Å². The zero-order chi connectivity index (χ0) is 12.7. The lowest BCUT2D eigenvalue weighted by atomic mass is 9.66. The molecule has 1 nitrogen and oxygen atoms in total. The predicted molar refractivity (Wildman–Crippen MR) is 74.9 cm³/mol. The number of hydrogen-bond acceptors (Lipinski definition) is 1. The van der Waals surface area contributed by atoms with Gasteiger partial charge in [-0.1, -0.05) is 17.7 Å². The van der Waals surface area contributed by atoms with Crippen LogP contribution in [0.25, 0.3) is 0 Å². The Labute approximate surface area is 111 Å². The van der Waals surface area contributed by atoms with E-state index in [0.29, 0.717) is 6.10 Å². The van der Waals surface area contributed by atoms with Gasteiger partial charge < -0.3 is 4.74 Å². The molecule has 0 amide bonds. The smallest absolute Gasteiger partial charge is 0.0634 e. The first-order valence-corrected chi connectivity index (χ1v) is 7.33. The summed E-state index contributed by atoms with van der Waals surface area (Å²) < 4.78 is 5.97. The molecule has 2 aliphatic rings. The molecule has 0 bridgehead atoms. The SMILES string of the molecule is Cc1cc(C)c(C[C@@H]2C[C@H]3CCCO[C@H]32)c(C)c1. The summed E-state index contributed by atoms with van der Waals surface area (Å²) in [5.74, 6) is 1.64. The maximum absolute atomic E-state index is 5.97. The van der Waals surface area contributed by atoms with Gasteiger partial charge in [0, 0.05) is 6.61 Å². The highest BCUT2D eigenvalue weighted by atomic mass is 16.5. The van der Waals surface area contributed by atoms with Gasteiger partial charge in [-0.15, -0.1) is 0 Å². The van der Waals surface area contributed by atoms with Crippen LogP contribution in [0.5, 0.6) is 0 Å². The van der Waals surface area contributed by atoms with Crippen molar-refractivity contribution in [2.75, 3.05) is 6.61 Å². The van der Waals surface area contributed by atoms with Gasteiger partial charge in [0.25, 0.3) is 0 Å². The number of aryl methyl sites for hydroxylation is 3. The molecule has 1 aliphatic carbocycles. The van der Waals surface area contributed by atoms with Crippen LogP contribution in [0.2, 0.25) is 0 Å². The molecular weight excluding hydrogens is 220 g/mol. The maximum Gasteiger partial charge on any atom is 0.0634 e. The summed E-state index contributed by atoms with van der Waals surface area (Å²) in [6, 6.07) is 4.64. The van der Waals surface area contributed by atoms with E-state index in [-0.39, 0.29) is 0 Å². The van der Waals surface area contributed by atoms with Crippen LogP contribution in [-0.4, -0.2) is 12.7 Å². The quantitative estimate of drug-likeness (QED) is 0.765. The molecule has 0 aromatic heterocycles. The van der Waals surface area contributed by atoms with Crippen LogP contribution in [0.15, 0.2) is 12.1 Å². The summed E-state index contributed by atoms with van der Waals surface area (Å²) in [4.78, 5) is 0. The fourth-order valence-electron chi connectivity index (χ4n) is 3.96. The zero-order valence-corrected chi connectivity index (χ0v) is 11.8. The van der Waals surface area contributed by atoms with Crippen molar-refractivity contribution in [1.29, 1.82) is 0 Å². The fraction of sp³-hybridized carbons (Fsp3) is 0.647. The summed E-state index contributed by atoms with van der Waals surface area (Å²) in [5.41, 5.74) is 5.88. The van der Waals surface area contributed by atoms with Crippen LogP contribution < -0.4 is 0 Å². The van der Waals surface area contributed by atoms with E-state index < -0.39 is 0 Å². The molecule has 3 rings (SSSR count). The molecule has 2 fully saturated rings. The topological polar surface area (TPSA) is 9.23 Å². The van der Waals surface area contributed by atoms with E-state index >= 15 is 0 Å². The molecule has 1 saturated heterocycles. The van der Waals surface area contributed by atoms with Crippen molar-refractivity contribution in [2.24, 2.45) is 11.8 Å². The van der Waals surface area contributed by atoms with Crippen LogP contribution in [0.1, 0.15) is 41.5 Å². The van der Waals surface area contributed by atoms with Gasteiger partial charge in [0.2, 0.25) is 0 Å². The van der Waals surface area contributed by atoms with E-state index in [2.05, 4.69) is 32.9 Å². The van der Waals surface area contributed by atoms with E-state index in [4.69, 9.17) is 4.74 Å². The van der Waals surface area contributed by atoms with E-state index in [1.165, 1.54) is 42.4 Å². The third-order valence-corrected chi connectivity index (χ3v) is 4.87. The van der Waals surface area contributed by atoms with E-state index in [9.17, 15) is 0 Å². The van der Waals surface area contributed by atoms with Gasteiger partial charge in [0.05, 0.1) is 6.10 Å². The van der Waals surface area contributed by atoms with Crippen molar-refractivity contribution in [3.63, 3.8) is 0 Å². The Morgan fingerprint density at radius 2 is 1.89 bits per heavy atom. The van der Waals surface area contributed by atoms with Gasteiger partial charge in [0.15, 0.2) is 0 Å². The zero-order valence-electron chi connectivity index (χ0n) is 11.8. The largest absolute Gasteiger partial charge is 0.378 e. The first kappa shape index (κ1) is 12.2. The third kappa shape index (κ3) is 2.09. The normalized spacial score (nSPS) is 30.7. The van der Waals surface area contributed by atoms with Crippen molar-refractivity contribution in [3.05, 3.63) is 34.4 Å². The van der Waals surface area contributed by atoms with Crippen LogP contribution in [0.4, 0.5) is 0 Å². The minimum absolute atomic E-state index is 0.568. The number of hydrogen-bond donors (Lipinski definition) is 0. The monoisotopic (exact) mass is 244 g/mol. The summed E-state index contributed by atoms with van der Waals surface area (Å²) in [7, 11) is 0. The molecule has 3 atom stereocenters. The predicted octanol–water partition coefficient (Wildman–Crippen LogP) is 3.97. The summed E-state index contributed by atoms with van der Waals surface area (Å²) in [5, 5.41) is 0. The molecule has 1 heteroatoms. The number of benzene rings is 1. The standard InChI is InChI=1S/C17H24O/c1-11-7-12(2)16(13(3)8-11)10-15-9-14-5-4-6-18-17(14)15/h7-8,14-15,17H,4-6,9-10H2,1-3H3/t14-,15+,17-/m1/s1. The molecule has 1 heterocycles. The Hall–Kier alpha value is -0.820. The highest BCUT2D eigenvalue weighted by molar-refractivity contribution is 5.38. The molecule has 0 unspecified atom stereocenters. The number of ether oxygens (including phenoxy) is 1. The van der Waals surface area contributed by atoms with Gasteiger partial charge >= 0.3 is 0 Å². The van der Waals surface area contributed by atoms with Crippen LogP contribution in [0, 0.1) is 32.6 Å². The maximum atomic E-state index is 5.97. The second kappa shape index (κ2) is 4.70. The molecule has 0 radical (unpaired) electrons. The number of rotatable bonds is 2. The summed E-state index contributed by atoms with van der Waals surface area (Å²) in [6.45, 7) is 7.69. The molecule has 0 spiro atoms. The highest BCUT2D eigenvalue weighted by Gasteiger charge is 2.43. The Kier molecular flexibility index (Phi) is 3.19. The fourth-order valence-corrected chi connectivity index (χ4v) is 3.96. The minimum Gasteiger partial charge on any atom is -0.378 e. The van der Waals surface area contributed by atoms with Gasteiger partial charge in [-0.05, 0) is 75.0 Å². The Morgan fingerprint density at radius 3 is 2.56 bits per heavy atom. The van der Waals surface area contributed by atoms with Crippen LogP contribution >= 0.6 is 0 Å². The average Bonchev–Trinajstić information content (AvgIpc) is 2.28. The Bertz CT molecular complexity index is 426. The molecule has 1 aliphatic heterocycles. The molecule has 1 aromatic carbocycles. The molecule has 1 saturated carbocycles. The average molecular weight is 244 g/mol. The van der Waals surface area contributed by atoms with E-state index in [0.717, 1.165) is 18.4 Å². The Morgan fingerprint density at radius 1 is 1.17 bits per heavy atom. The van der Waals surface area contributed by atoms with Crippen LogP contribution in [0.3, 0.4) is 0 Å². The van der Waals surface area contributed by atoms with E-state index in [1.807, 2.05) is 0 Å². The second-order valence-corrected chi connectivity index (χ2v) is 6.31. The van der Waals surface area contributed by atoms with Gasteiger partial charge in [-0.2, -0.15) is 0 Å². The molecule has 0 N–H and O–H groups in total. The third-order valence-electron chi connectivity index (χ3n) is 4.87. The van der Waals surface area contributed by atoms with Crippen molar-refractivity contribution in [1.82, 2.24) is 0 Å². The van der Waals surface area contributed by atoms with Crippen molar-refractivity contribution < 1.29 is 4.74 Å². The van der Waals surface area contributed by atoms with Crippen molar-refractivity contribution >= 4 is 0 Å². The van der Waals surface area contributed by atoms with Crippen LogP contribution in [-0.2, 0) is 11.2 Å². The van der Waals surface area contributed by atoms with Crippen molar-refractivity contribution in [3.8, 4) is 0 Å². The molecule has 18 heavy (non-hydrogen) atoms. The first-order valence-electron chi connectivity index (χ1n) is 7.33. The lowest BCUT2D eigenvalue weighted by Gasteiger charge is -2.47. The first-order chi connectivity index (χ1) is 8.65. The van der Waals surface area contributed by atoms with Gasteiger partial charge in [-0.25, -0.2) is 0 Å². The second-order valence-electron chi connectivity index (χ2n) is 6.31. The van der Waals surface area contributed by atoms with Gasteiger partial charge in [0.1, 0.15) is 0 Å². The van der Waals surface area contributed by atoms with E-state index in [1.54, 1.807) is 5.56 Å². The lowest BCUT2D eigenvalue weighted by Crippen LogP contribution is -2.47.